The van der Waals surface area contributed by atoms with Gasteiger partial charge < -0.3 is 24.8 Å². The SMILES string of the molecule is CC(C)c1c(F)cc(CO)c2[nH]ccc12.CC(C)c1ccc(Cl)c2[nH]ncc12.CC(C)c1ncc(Cl)c2c1C=CC2.COc1c(F)cc(C(C)C)c2cn[nH]c12.Cc1c(Cl)cc(C(C)C)c2cc[nH]c12.Cc1c(F)cc(C(C)C)c2cc[nH]c12. The highest BCUT2D eigenvalue weighted by atomic mass is 35.5. The van der Waals surface area contributed by atoms with Crippen molar-refractivity contribution in [3.63, 3.8) is 0 Å². The average Bonchev–Trinajstić information content (AvgIpc) is 3.77. The van der Waals surface area contributed by atoms with Gasteiger partial charge in [-0.05, 0) is 143 Å². The lowest BCUT2D eigenvalue weighted by Crippen LogP contribution is -1.98. The summed E-state index contributed by atoms with van der Waals surface area (Å²) in [7, 11) is 1.45. The minimum Gasteiger partial charge on any atom is -0.492 e. The van der Waals surface area contributed by atoms with Crippen molar-refractivity contribution in [2.75, 3.05) is 7.11 Å². The number of fused-ring (bicyclic) bond motifs is 6. The number of aryl methyl sites for hydroxylation is 2. The number of nitrogens with one attached hydrogen (secondary N) is 5. The number of H-pyrrole nitrogens is 5. The van der Waals surface area contributed by atoms with Gasteiger partial charge >= 0.3 is 0 Å². The number of pyridine rings is 1. The summed E-state index contributed by atoms with van der Waals surface area (Å²) < 4.78 is 45.9. The molecule has 0 spiro atoms. The van der Waals surface area contributed by atoms with E-state index in [9.17, 15) is 13.2 Å². The lowest BCUT2D eigenvalue weighted by molar-refractivity contribution is 0.282. The zero-order valence-electron chi connectivity index (χ0n) is 50.7. The van der Waals surface area contributed by atoms with Crippen LogP contribution in [0.2, 0.25) is 15.1 Å². The summed E-state index contributed by atoms with van der Waals surface area (Å²) in [6, 6.07) is 16.6. The standard InChI is InChI=1S/C12H14ClN.C12H14FNO.C12H14FN.C11H12ClN.C11H13FN2O.C10H11ClN2/c1-7(2)10-6-11(13)8(3)12-9(10)4-5-14-12;1-7(2)11-9-3-4-14-12(9)8(6-15)5-10(11)13;1-7(2)10-6-11(13)8(3)12-9(10)4-5-14-12;1-7(2)11-9-5-3-4-8(9)10(12)6-13-11;1-6(2)7-4-9(12)11(15-3)10-8(7)5-13-14-10;1-6(2)7-3-4-9(11)10-8(7)5-12-13-10/h4-7,14H,1-3H3;3-5,7,14-15H,6H2,1-2H3;4-7,14H,1-3H3;3,5-7H,4H2,1-2H3;4-6H,1-3H3,(H,13,14);3-6H,1-2H3,(H,12,13). The molecule has 10 nitrogen and oxygen atoms in total. The van der Waals surface area contributed by atoms with Gasteiger partial charge in [0.15, 0.2) is 11.6 Å². The molecule has 1 aliphatic rings. The Morgan fingerprint density at radius 3 is 1.61 bits per heavy atom. The molecular formula is C68H78Cl3F3N8O2. The molecule has 0 unspecified atom stereocenters. The fraction of sp³-hybridized carbons (Fsp3) is 0.338. The van der Waals surface area contributed by atoms with Gasteiger partial charge in [-0.25, -0.2) is 13.2 Å². The Hall–Kier alpha value is -7.03. The van der Waals surface area contributed by atoms with Crippen molar-refractivity contribution in [2.45, 2.75) is 145 Å². The number of hydrogen-bond donors (Lipinski definition) is 6. The third kappa shape index (κ3) is 14.0. The first kappa shape index (κ1) is 64.5. The quantitative estimate of drug-likeness (QED) is 0.0897. The van der Waals surface area contributed by atoms with Crippen LogP contribution in [0.5, 0.6) is 5.75 Å². The number of benzene rings is 5. The summed E-state index contributed by atoms with van der Waals surface area (Å²) in [6.07, 6.45) is 16.1. The first-order chi connectivity index (χ1) is 39.9. The van der Waals surface area contributed by atoms with Crippen LogP contribution in [-0.4, -0.2) is 52.5 Å². The van der Waals surface area contributed by atoms with Gasteiger partial charge in [-0.1, -0.05) is 136 Å². The minimum atomic E-state index is -0.349. The van der Waals surface area contributed by atoms with Crippen molar-refractivity contribution >= 4 is 95.4 Å². The van der Waals surface area contributed by atoms with Crippen molar-refractivity contribution < 1.29 is 23.0 Å². The Morgan fingerprint density at radius 2 is 1.05 bits per heavy atom. The predicted molar refractivity (Wildman–Crippen MR) is 345 cm³/mol. The van der Waals surface area contributed by atoms with Crippen LogP contribution in [0.1, 0.15) is 180 Å². The maximum Gasteiger partial charge on any atom is 0.180 e. The van der Waals surface area contributed by atoms with Crippen LogP contribution in [0.25, 0.3) is 60.6 Å². The van der Waals surface area contributed by atoms with Gasteiger partial charge in [0.2, 0.25) is 0 Å². The highest BCUT2D eigenvalue weighted by Crippen LogP contribution is 2.37. The third-order valence-corrected chi connectivity index (χ3v) is 16.2. The summed E-state index contributed by atoms with van der Waals surface area (Å²) in [6.45, 7) is 28.8. The molecular weight excluding hydrogens is 1120 g/mol. The summed E-state index contributed by atoms with van der Waals surface area (Å²) in [4.78, 5) is 13.7. The van der Waals surface area contributed by atoms with E-state index in [4.69, 9.17) is 44.6 Å². The first-order valence-electron chi connectivity index (χ1n) is 28.5. The van der Waals surface area contributed by atoms with E-state index >= 15 is 0 Å². The number of aliphatic hydroxyl groups excluding tert-OH is 1. The van der Waals surface area contributed by atoms with Crippen molar-refractivity contribution in [3.05, 3.63) is 192 Å². The summed E-state index contributed by atoms with van der Waals surface area (Å²) in [5, 5.41) is 30.4. The van der Waals surface area contributed by atoms with Gasteiger partial charge in [-0.15, -0.1) is 0 Å². The molecule has 0 radical (unpaired) electrons. The lowest BCUT2D eigenvalue weighted by Gasteiger charge is -2.11. The predicted octanol–water partition coefficient (Wildman–Crippen LogP) is 20.5. The normalized spacial score (nSPS) is 11.8. The first-order valence-corrected chi connectivity index (χ1v) is 29.6. The van der Waals surface area contributed by atoms with Gasteiger partial charge in [0, 0.05) is 73.4 Å². The largest absolute Gasteiger partial charge is 0.492 e. The molecule has 444 valence electrons. The van der Waals surface area contributed by atoms with Crippen molar-refractivity contribution in [1.82, 2.24) is 40.3 Å². The number of methoxy groups -OCH3 is 1. The molecule has 0 aliphatic heterocycles. The van der Waals surface area contributed by atoms with Crippen LogP contribution in [0.3, 0.4) is 0 Å². The fourth-order valence-electron chi connectivity index (χ4n) is 10.7. The Kier molecular flexibility index (Phi) is 21.7. The van der Waals surface area contributed by atoms with Gasteiger partial charge in [0.1, 0.15) is 17.2 Å². The molecule has 11 aromatic rings. The van der Waals surface area contributed by atoms with Crippen molar-refractivity contribution in [3.8, 4) is 5.75 Å². The highest BCUT2D eigenvalue weighted by Gasteiger charge is 2.19. The maximum atomic E-state index is 13.8. The number of hydrogen-bond acceptors (Lipinski definition) is 5. The van der Waals surface area contributed by atoms with Crippen molar-refractivity contribution in [1.29, 1.82) is 0 Å². The van der Waals surface area contributed by atoms with Crippen LogP contribution < -0.4 is 4.74 Å². The van der Waals surface area contributed by atoms with Crippen LogP contribution in [0, 0.1) is 31.3 Å². The Labute approximate surface area is 506 Å². The molecule has 0 amide bonds. The van der Waals surface area contributed by atoms with Crippen LogP contribution in [0.15, 0.2) is 97.9 Å². The molecule has 0 atom stereocenters. The fourth-order valence-corrected chi connectivity index (χ4v) is 11.3. The minimum absolute atomic E-state index is 0.122. The van der Waals surface area contributed by atoms with Crippen LogP contribution in [-0.2, 0) is 13.0 Å². The second-order valence-electron chi connectivity index (χ2n) is 22.9. The third-order valence-electron chi connectivity index (χ3n) is 15.1. The Bertz CT molecular complexity index is 3980. The van der Waals surface area contributed by atoms with E-state index in [1.54, 1.807) is 31.6 Å². The van der Waals surface area contributed by atoms with Crippen LogP contribution in [0.4, 0.5) is 13.2 Å². The zero-order chi connectivity index (χ0) is 61.4. The van der Waals surface area contributed by atoms with Crippen molar-refractivity contribution in [2.24, 2.45) is 0 Å². The van der Waals surface area contributed by atoms with Gasteiger partial charge in [-0.2, -0.15) is 10.2 Å². The van der Waals surface area contributed by atoms with Crippen LogP contribution >= 0.6 is 34.8 Å². The molecule has 0 saturated heterocycles. The second kappa shape index (κ2) is 28.2. The molecule has 5 aromatic carbocycles. The van der Waals surface area contributed by atoms with E-state index in [0.29, 0.717) is 45.9 Å². The maximum absolute atomic E-state index is 13.8. The van der Waals surface area contributed by atoms with E-state index in [2.05, 4.69) is 126 Å². The number of aliphatic hydroxyl groups is 1. The van der Waals surface area contributed by atoms with E-state index in [-0.39, 0.29) is 41.6 Å². The number of aromatic nitrogens is 8. The summed E-state index contributed by atoms with van der Waals surface area (Å²) >= 11 is 18.2. The molecule has 1 aliphatic carbocycles. The lowest BCUT2D eigenvalue weighted by atomic mass is 9.96. The van der Waals surface area contributed by atoms with Gasteiger partial charge in [0.05, 0.1) is 63.9 Å². The molecule has 6 aromatic heterocycles. The zero-order valence-corrected chi connectivity index (χ0v) is 52.9. The smallest absolute Gasteiger partial charge is 0.180 e. The number of nitrogens with zero attached hydrogens (tertiary/aromatic N) is 3. The van der Waals surface area contributed by atoms with E-state index in [1.165, 1.54) is 52.4 Å². The van der Waals surface area contributed by atoms with E-state index < -0.39 is 0 Å². The van der Waals surface area contributed by atoms with E-state index in [1.807, 2.05) is 71.4 Å². The average molecular weight is 1200 g/mol. The summed E-state index contributed by atoms with van der Waals surface area (Å²) in [5.41, 5.74) is 15.9. The molecule has 6 N–H and O–H groups in total. The number of ether oxygens (including phenoxy) is 1. The molecule has 16 heteroatoms. The molecule has 12 rings (SSSR count). The van der Waals surface area contributed by atoms with Gasteiger partial charge in [0.25, 0.3) is 0 Å². The Morgan fingerprint density at radius 1 is 0.524 bits per heavy atom. The number of rotatable bonds is 8. The number of aromatic amines is 5. The Balaban J connectivity index is 0.000000145. The summed E-state index contributed by atoms with van der Waals surface area (Å²) in [5.74, 6) is 1.73. The van der Waals surface area contributed by atoms with E-state index in [0.717, 1.165) is 82.0 Å². The highest BCUT2D eigenvalue weighted by molar-refractivity contribution is 6.35. The number of allylic oxidation sites excluding steroid dienone is 1. The van der Waals surface area contributed by atoms with Gasteiger partial charge in [-0.3, -0.25) is 15.2 Å². The molecule has 84 heavy (non-hydrogen) atoms. The molecule has 0 saturated carbocycles. The molecule has 0 bridgehead atoms. The number of halogens is 6. The molecule has 0 fully saturated rings. The second-order valence-corrected chi connectivity index (χ2v) is 24.1. The monoisotopic (exact) mass is 1200 g/mol. The molecule has 6 heterocycles. The topological polar surface area (TPSA) is 147 Å².